The Kier molecular flexibility index (Phi) is 6.48. The normalized spacial score (nSPS) is 11.1. The smallest absolute Gasteiger partial charge is 0.123 e. The van der Waals surface area contributed by atoms with E-state index in [1.807, 2.05) is 0 Å². The number of hydrogen-bond donors (Lipinski definition) is 1. The maximum Gasteiger partial charge on any atom is 0.123 e. The van der Waals surface area contributed by atoms with Crippen molar-refractivity contribution in [3.63, 3.8) is 0 Å². The van der Waals surface area contributed by atoms with Gasteiger partial charge in [-0.1, -0.05) is 25.4 Å². The summed E-state index contributed by atoms with van der Waals surface area (Å²) in [6, 6.07) is 4.52. The minimum Gasteiger partial charge on any atom is -0.316 e. The van der Waals surface area contributed by atoms with Gasteiger partial charge in [0.2, 0.25) is 0 Å². The van der Waals surface area contributed by atoms with Crippen LogP contribution in [0, 0.1) is 5.82 Å². The highest BCUT2D eigenvalue weighted by atomic mass is 35.5. The van der Waals surface area contributed by atoms with Crippen molar-refractivity contribution in [2.75, 3.05) is 26.2 Å². The number of benzene rings is 1. The van der Waals surface area contributed by atoms with Crippen molar-refractivity contribution in [1.82, 2.24) is 10.2 Å². The van der Waals surface area contributed by atoms with Gasteiger partial charge in [0.1, 0.15) is 5.82 Å². The predicted octanol–water partition coefficient (Wildman–Crippen LogP) is 2.91. The number of hydrogen-bond acceptors (Lipinski definition) is 2. The standard InChI is InChI=1S/C13H20ClFN2/c1-3-16-7-8-17(4-2)10-11-9-12(15)5-6-13(11)14/h5-6,9,16H,3-4,7-8,10H2,1-2H3. The van der Waals surface area contributed by atoms with Crippen molar-refractivity contribution in [2.24, 2.45) is 0 Å². The molecule has 0 aromatic heterocycles. The van der Waals surface area contributed by atoms with Gasteiger partial charge in [-0.2, -0.15) is 0 Å². The van der Waals surface area contributed by atoms with Crippen molar-refractivity contribution >= 4 is 11.6 Å². The SMILES string of the molecule is CCNCCN(CC)Cc1cc(F)ccc1Cl. The second kappa shape index (κ2) is 7.64. The molecule has 0 atom stereocenters. The molecule has 2 nitrogen and oxygen atoms in total. The van der Waals surface area contributed by atoms with E-state index in [9.17, 15) is 4.39 Å². The zero-order chi connectivity index (χ0) is 12.7. The van der Waals surface area contributed by atoms with E-state index in [-0.39, 0.29) is 5.82 Å². The van der Waals surface area contributed by atoms with Gasteiger partial charge < -0.3 is 5.32 Å². The molecule has 0 saturated carbocycles. The Labute approximate surface area is 108 Å². The number of rotatable bonds is 7. The lowest BCUT2D eigenvalue weighted by Gasteiger charge is -2.21. The van der Waals surface area contributed by atoms with Crippen molar-refractivity contribution in [3.05, 3.63) is 34.6 Å². The third kappa shape index (κ3) is 5.02. The Morgan fingerprint density at radius 2 is 2.12 bits per heavy atom. The maximum absolute atomic E-state index is 13.1. The molecule has 0 aliphatic carbocycles. The van der Waals surface area contributed by atoms with Gasteiger partial charge in [-0.15, -0.1) is 0 Å². The number of nitrogens with zero attached hydrogens (tertiary/aromatic N) is 1. The molecule has 0 bridgehead atoms. The molecule has 0 aliphatic heterocycles. The van der Waals surface area contributed by atoms with Gasteiger partial charge in [-0.05, 0) is 36.9 Å². The maximum atomic E-state index is 13.1. The van der Waals surface area contributed by atoms with Crippen LogP contribution >= 0.6 is 11.6 Å². The largest absolute Gasteiger partial charge is 0.316 e. The summed E-state index contributed by atoms with van der Waals surface area (Å²) in [6.07, 6.45) is 0. The monoisotopic (exact) mass is 258 g/mol. The van der Waals surface area contributed by atoms with Crippen LogP contribution in [0.15, 0.2) is 18.2 Å². The van der Waals surface area contributed by atoms with Crippen molar-refractivity contribution in [1.29, 1.82) is 0 Å². The van der Waals surface area contributed by atoms with Crippen LogP contribution in [0.2, 0.25) is 5.02 Å². The Morgan fingerprint density at radius 1 is 1.35 bits per heavy atom. The first-order chi connectivity index (χ1) is 8.17. The van der Waals surface area contributed by atoms with E-state index in [1.165, 1.54) is 12.1 Å². The van der Waals surface area contributed by atoms with Crippen LogP contribution in [-0.4, -0.2) is 31.1 Å². The number of halogens is 2. The van der Waals surface area contributed by atoms with E-state index in [0.717, 1.165) is 31.7 Å². The molecule has 96 valence electrons. The molecule has 0 saturated heterocycles. The van der Waals surface area contributed by atoms with Gasteiger partial charge in [0.25, 0.3) is 0 Å². The first-order valence-corrected chi connectivity index (χ1v) is 6.42. The first kappa shape index (κ1) is 14.4. The lowest BCUT2D eigenvalue weighted by atomic mass is 10.2. The van der Waals surface area contributed by atoms with Crippen molar-refractivity contribution in [2.45, 2.75) is 20.4 Å². The zero-order valence-electron chi connectivity index (χ0n) is 10.5. The summed E-state index contributed by atoms with van der Waals surface area (Å²) in [5, 5.41) is 3.91. The van der Waals surface area contributed by atoms with Crippen LogP contribution in [0.4, 0.5) is 4.39 Å². The number of likely N-dealkylation sites (N-methyl/N-ethyl adjacent to an activating group) is 2. The van der Waals surface area contributed by atoms with Crippen LogP contribution in [0.25, 0.3) is 0 Å². The fourth-order valence-electron chi connectivity index (χ4n) is 1.67. The Bertz CT molecular complexity index is 344. The highest BCUT2D eigenvalue weighted by molar-refractivity contribution is 6.31. The lowest BCUT2D eigenvalue weighted by Crippen LogP contribution is -2.31. The topological polar surface area (TPSA) is 15.3 Å². The van der Waals surface area contributed by atoms with Crippen molar-refractivity contribution in [3.8, 4) is 0 Å². The van der Waals surface area contributed by atoms with Gasteiger partial charge in [0.15, 0.2) is 0 Å². The average molecular weight is 259 g/mol. The molecule has 17 heavy (non-hydrogen) atoms. The molecule has 1 aromatic rings. The van der Waals surface area contributed by atoms with Gasteiger partial charge in [0.05, 0.1) is 0 Å². The average Bonchev–Trinajstić information content (AvgIpc) is 2.32. The van der Waals surface area contributed by atoms with Gasteiger partial charge in [-0.25, -0.2) is 4.39 Å². The molecule has 1 rings (SSSR count). The van der Waals surface area contributed by atoms with Gasteiger partial charge >= 0.3 is 0 Å². The molecule has 0 aliphatic rings. The van der Waals surface area contributed by atoms with Gasteiger partial charge in [-0.3, -0.25) is 4.90 Å². The van der Waals surface area contributed by atoms with Crippen molar-refractivity contribution < 1.29 is 4.39 Å². The summed E-state index contributed by atoms with van der Waals surface area (Å²) in [5.41, 5.74) is 0.852. The van der Waals surface area contributed by atoms with Crippen LogP contribution in [0.5, 0.6) is 0 Å². The Balaban J connectivity index is 2.57. The van der Waals surface area contributed by atoms with E-state index >= 15 is 0 Å². The van der Waals surface area contributed by atoms with E-state index in [1.54, 1.807) is 6.07 Å². The third-order valence-electron chi connectivity index (χ3n) is 2.70. The fraction of sp³-hybridized carbons (Fsp3) is 0.538. The quantitative estimate of drug-likeness (QED) is 0.757. The van der Waals surface area contributed by atoms with Crippen LogP contribution in [0.3, 0.4) is 0 Å². The summed E-state index contributed by atoms with van der Waals surface area (Å²) in [7, 11) is 0. The highest BCUT2D eigenvalue weighted by Gasteiger charge is 2.07. The van der Waals surface area contributed by atoms with Crippen LogP contribution in [0.1, 0.15) is 19.4 Å². The molecule has 0 heterocycles. The van der Waals surface area contributed by atoms with Crippen LogP contribution in [-0.2, 0) is 6.54 Å². The fourth-order valence-corrected chi connectivity index (χ4v) is 1.85. The third-order valence-corrected chi connectivity index (χ3v) is 3.07. The van der Waals surface area contributed by atoms with E-state index in [2.05, 4.69) is 24.1 Å². The minimum absolute atomic E-state index is 0.230. The van der Waals surface area contributed by atoms with E-state index < -0.39 is 0 Å². The predicted molar refractivity (Wildman–Crippen MR) is 70.9 cm³/mol. The van der Waals surface area contributed by atoms with E-state index in [0.29, 0.717) is 11.6 Å². The molecular weight excluding hydrogens is 239 g/mol. The molecule has 0 radical (unpaired) electrons. The molecule has 1 aromatic carbocycles. The summed E-state index contributed by atoms with van der Waals surface area (Å²) in [4.78, 5) is 2.24. The Hall–Kier alpha value is -0.640. The Morgan fingerprint density at radius 3 is 2.76 bits per heavy atom. The molecule has 0 unspecified atom stereocenters. The molecule has 0 fully saturated rings. The number of nitrogens with one attached hydrogen (secondary N) is 1. The summed E-state index contributed by atoms with van der Waals surface area (Å²) in [5.74, 6) is -0.230. The van der Waals surface area contributed by atoms with E-state index in [4.69, 9.17) is 11.6 Å². The first-order valence-electron chi connectivity index (χ1n) is 6.04. The lowest BCUT2D eigenvalue weighted by molar-refractivity contribution is 0.279. The second-order valence-electron chi connectivity index (χ2n) is 3.96. The second-order valence-corrected chi connectivity index (χ2v) is 4.37. The molecule has 0 amide bonds. The zero-order valence-corrected chi connectivity index (χ0v) is 11.2. The van der Waals surface area contributed by atoms with Gasteiger partial charge in [0, 0.05) is 24.7 Å². The summed E-state index contributed by atoms with van der Waals surface area (Å²) >= 11 is 6.05. The summed E-state index contributed by atoms with van der Waals surface area (Å²) < 4.78 is 13.1. The molecular formula is C13H20ClFN2. The minimum atomic E-state index is -0.230. The highest BCUT2D eigenvalue weighted by Crippen LogP contribution is 2.18. The summed E-state index contributed by atoms with van der Waals surface area (Å²) in [6.45, 7) is 8.66. The van der Waals surface area contributed by atoms with Crippen LogP contribution < -0.4 is 5.32 Å². The molecule has 1 N–H and O–H groups in total. The molecule has 4 heteroatoms. The molecule has 0 spiro atoms.